The van der Waals surface area contributed by atoms with Crippen LogP contribution in [0.2, 0.25) is 0 Å². The molecular formula is C23H27NO2S. The lowest BCUT2D eigenvalue weighted by molar-refractivity contribution is 0.0493. The Morgan fingerprint density at radius 2 is 1.70 bits per heavy atom. The van der Waals surface area contributed by atoms with E-state index in [4.69, 9.17) is 9.47 Å². The summed E-state index contributed by atoms with van der Waals surface area (Å²) in [6, 6.07) is 17.7. The molecule has 2 aliphatic heterocycles. The number of para-hydroxylation sites is 1. The smallest absolute Gasteiger partial charge is 0.133 e. The van der Waals surface area contributed by atoms with Crippen LogP contribution < -0.4 is 9.47 Å². The second-order valence-corrected chi connectivity index (χ2v) is 8.93. The number of thioether (sulfide) groups is 1. The molecule has 0 spiro atoms. The Balaban J connectivity index is 1.16. The lowest BCUT2D eigenvalue weighted by atomic mass is 9.90. The lowest BCUT2D eigenvalue weighted by Crippen LogP contribution is -2.46. The summed E-state index contributed by atoms with van der Waals surface area (Å²) in [5.74, 6) is 2.94. The molecule has 3 aliphatic rings. The van der Waals surface area contributed by atoms with Gasteiger partial charge in [-0.2, -0.15) is 0 Å². The van der Waals surface area contributed by atoms with Crippen molar-refractivity contribution in [2.45, 2.75) is 55.2 Å². The normalized spacial score (nSPS) is 23.9. The molecule has 2 fully saturated rings. The Kier molecular flexibility index (Phi) is 5.02. The maximum atomic E-state index is 6.26. The molecular weight excluding hydrogens is 354 g/mol. The zero-order chi connectivity index (χ0) is 18.1. The van der Waals surface area contributed by atoms with Crippen LogP contribution in [0.4, 0.5) is 0 Å². The summed E-state index contributed by atoms with van der Waals surface area (Å²) in [6.45, 7) is 2.39. The van der Waals surface area contributed by atoms with Crippen LogP contribution in [0.3, 0.4) is 0 Å². The van der Waals surface area contributed by atoms with Gasteiger partial charge in [-0.1, -0.05) is 30.7 Å². The average molecular weight is 382 g/mol. The topological polar surface area (TPSA) is 21.7 Å². The van der Waals surface area contributed by atoms with Gasteiger partial charge < -0.3 is 14.4 Å². The highest BCUT2D eigenvalue weighted by Crippen LogP contribution is 2.40. The van der Waals surface area contributed by atoms with Crippen LogP contribution in [0.15, 0.2) is 53.4 Å². The number of benzene rings is 2. The van der Waals surface area contributed by atoms with E-state index in [0.29, 0.717) is 6.10 Å². The van der Waals surface area contributed by atoms with Gasteiger partial charge in [0.05, 0.1) is 0 Å². The fourth-order valence-corrected chi connectivity index (χ4v) is 5.27. The van der Waals surface area contributed by atoms with E-state index >= 15 is 0 Å². The highest BCUT2D eigenvalue weighted by Gasteiger charge is 2.29. The molecule has 0 bridgehead atoms. The summed E-state index contributed by atoms with van der Waals surface area (Å²) >= 11 is 1.87. The number of likely N-dealkylation sites (tertiary alicyclic amines) is 1. The van der Waals surface area contributed by atoms with Crippen LogP contribution in [0, 0.1) is 0 Å². The molecule has 5 rings (SSSR count). The molecule has 3 nitrogen and oxygen atoms in total. The highest BCUT2D eigenvalue weighted by atomic mass is 32.2. The van der Waals surface area contributed by atoms with Gasteiger partial charge in [0.1, 0.15) is 23.7 Å². The van der Waals surface area contributed by atoms with Crippen molar-refractivity contribution in [3.05, 3.63) is 54.1 Å². The Morgan fingerprint density at radius 3 is 2.44 bits per heavy atom. The molecule has 0 unspecified atom stereocenters. The summed E-state index contributed by atoms with van der Waals surface area (Å²) in [5.41, 5.74) is 1.23. The second-order valence-electron chi connectivity index (χ2n) is 7.87. The monoisotopic (exact) mass is 381 g/mol. The third kappa shape index (κ3) is 3.83. The third-order valence-corrected chi connectivity index (χ3v) is 7.25. The molecule has 142 valence electrons. The van der Waals surface area contributed by atoms with Crippen molar-refractivity contribution in [3.8, 4) is 11.5 Å². The van der Waals surface area contributed by atoms with Crippen molar-refractivity contribution < 1.29 is 9.47 Å². The first-order valence-corrected chi connectivity index (χ1v) is 11.2. The van der Waals surface area contributed by atoms with Crippen LogP contribution in [0.25, 0.3) is 0 Å². The molecule has 27 heavy (non-hydrogen) atoms. The molecule has 0 radical (unpaired) electrons. The summed E-state index contributed by atoms with van der Waals surface area (Å²) < 4.78 is 12.5. The van der Waals surface area contributed by atoms with Gasteiger partial charge in [-0.15, -0.1) is 11.8 Å². The van der Waals surface area contributed by atoms with Crippen LogP contribution >= 0.6 is 11.8 Å². The number of hydrogen-bond acceptors (Lipinski definition) is 4. The van der Waals surface area contributed by atoms with E-state index < -0.39 is 0 Å². The Labute approximate surface area is 166 Å². The predicted molar refractivity (Wildman–Crippen MR) is 110 cm³/mol. The minimum Gasteiger partial charge on any atom is -0.490 e. The average Bonchev–Trinajstić information content (AvgIpc) is 2.68. The largest absolute Gasteiger partial charge is 0.490 e. The number of fused-ring (bicyclic) bond motifs is 1. The molecule has 1 atom stereocenters. The van der Waals surface area contributed by atoms with Crippen molar-refractivity contribution in [2.75, 3.05) is 18.8 Å². The van der Waals surface area contributed by atoms with Crippen molar-refractivity contribution >= 4 is 11.8 Å². The number of hydrogen-bond donors (Lipinski definition) is 0. The van der Waals surface area contributed by atoms with E-state index in [1.807, 2.05) is 17.8 Å². The van der Waals surface area contributed by atoms with E-state index in [1.165, 1.54) is 42.8 Å². The molecule has 1 saturated carbocycles. The van der Waals surface area contributed by atoms with Gasteiger partial charge in [0.2, 0.25) is 0 Å². The van der Waals surface area contributed by atoms with Gasteiger partial charge in [0.25, 0.3) is 0 Å². The van der Waals surface area contributed by atoms with Crippen molar-refractivity contribution in [3.63, 3.8) is 0 Å². The number of piperidine rings is 1. The molecule has 2 aromatic carbocycles. The van der Waals surface area contributed by atoms with Gasteiger partial charge in [0, 0.05) is 29.8 Å². The SMILES string of the molecule is c1ccc2c(c1)O[C@@H](c1ccc(OC3CCN(C4CCC4)CC3)cc1)CS2. The second kappa shape index (κ2) is 7.76. The van der Waals surface area contributed by atoms with Crippen LogP contribution in [-0.4, -0.2) is 35.9 Å². The first-order chi connectivity index (χ1) is 13.3. The van der Waals surface area contributed by atoms with E-state index in [9.17, 15) is 0 Å². The lowest BCUT2D eigenvalue weighted by Gasteiger charge is -2.41. The molecule has 1 saturated heterocycles. The fourth-order valence-electron chi connectivity index (χ4n) is 4.25. The van der Waals surface area contributed by atoms with Gasteiger partial charge in [-0.05, 0) is 55.5 Å². The summed E-state index contributed by atoms with van der Waals surface area (Å²) in [7, 11) is 0. The van der Waals surface area contributed by atoms with E-state index in [1.54, 1.807) is 0 Å². The van der Waals surface area contributed by atoms with Gasteiger partial charge in [-0.25, -0.2) is 0 Å². The third-order valence-electron chi connectivity index (χ3n) is 6.13. The molecule has 0 amide bonds. The minimum absolute atomic E-state index is 0.115. The molecule has 1 aliphatic carbocycles. The first kappa shape index (κ1) is 17.4. The molecule has 0 aromatic heterocycles. The van der Waals surface area contributed by atoms with E-state index in [2.05, 4.69) is 47.4 Å². The van der Waals surface area contributed by atoms with Crippen molar-refractivity contribution in [1.29, 1.82) is 0 Å². The standard InChI is InChI=1S/C23H27NO2S/c1-2-7-23-21(6-1)26-22(16-27-23)17-8-10-19(11-9-17)25-20-12-14-24(15-13-20)18-4-3-5-18/h1-2,6-11,18,20,22H,3-5,12-16H2/t22-/m1/s1. The predicted octanol–water partition coefficient (Wildman–Crippen LogP) is 5.31. The summed E-state index contributed by atoms with van der Waals surface area (Å²) in [4.78, 5) is 3.91. The Morgan fingerprint density at radius 1 is 0.926 bits per heavy atom. The zero-order valence-corrected chi connectivity index (χ0v) is 16.5. The van der Waals surface area contributed by atoms with Crippen LogP contribution in [0.5, 0.6) is 11.5 Å². The quantitative estimate of drug-likeness (QED) is 0.716. The van der Waals surface area contributed by atoms with E-state index in [-0.39, 0.29) is 6.10 Å². The highest BCUT2D eigenvalue weighted by molar-refractivity contribution is 7.99. The van der Waals surface area contributed by atoms with Crippen LogP contribution in [0.1, 0.15) is 43.8 Å². The zero-order valence-electron chi connectivity index (χ0n) is 15.7. The van der Waals surface area contributed by atoms with E-state index in [0.717, 1.165) is 36.1 Å². The molecule has 2 aromatic rings. The summed E-state index contributed by atoms with van der Waals surface area (Å²) in [5, 5.41) is 0. The summed E-state index contributed by atoms with van der Waals surface area (Å²) in [6.07, 6.45) is 7.00. The first-order valence-electron chi connectivity index (χ1n) is 10.2. The van der Waals surface area contributed by atoms with Gasteiger partial charge in [-0.3, -0.25) is 0 Å². The molecule has 2 heterocycles. The number of nitrogens with zero attached hydrogens (tertiary/aromatic N) is 1. The Bertz CT molecular complexity index is 766. The van der Waals surface area contributed by atoms with Crippen molar-refractivity contribution in [1.82, 2.24) is 4.90 Å². The molecule has 0 N–H and O–H groups in total. The molecule has 4 heteroatoms. The maximum absolute atomic E-state index is 6.26. The fraction of sp³-hybridized carbons (Fsp3) is 0.478. The van der Waals surface area contributed by atoms with Gasteiger partial charge >= 0.3 is 0 Å². The van der Waals surface area contributed by atoms with Gasteiger partial charge in [0.15, 0.2) is 0 Å². The number of rotatable bonds is 4. The van der Waals surface area contributed by atoms with Crippen LogP contribution in [-0.2, 0) is 0 Å². The maximum Gasteiger partial charge on any atom is 0.133 e. The van der Waals surface area contributed by atoms with Crippen molar-refractivity contribution in [2.24, 2.45) is 0 Å². The Hall–Kier alpha value is -1.65. The number of ether oxygens (including phenoxy) is 2. The minimum atomic E-state index is 0.115.